The van der Waals surface area contributed by atoms with Crippen LogP contribution in [0.5, 0.6) is 5.75 Å². The molecular weight excluding hydrogens is 549 g/mol. The maximum absolute atomic E-state index is 15.2. The van der Waals surface area contributed by atoms with E-state index in [-0.39, 0.29) is 50.8 Å². The molecule has 1 saturated heterocycles. The molecule has 0 atom stereocenters. The molecule has 3 aromatic rings. The molecule has 0 bridgehead atoms. The number of piperidine rings is 1. The number of nitrogens with one attached hydrogen (secondary N) is 3. The molecule has 1 fully saturated rings. The number of terminal acetylenes is 1. The number of likely N-dealkylation sites (tertiary alicyclic amines) is 1. The van der Waals surface area contributed by atoms with Crippen molar-refractivity contribution in [2.75, 3.05) is 30.8 Å². The number of primary amides is 1. The number of halogens is 2. The second-order valence-electron chi connectivity index (χ2n) is 9.37. The van der Waals surface area contributed by atoms with Gasteiger partial charge in [-0.15, -0.1) is 6.42 Å². The molecule has 11 heteroatoms. The van der Waals surface area contributed by atoms with Crippen LogP contribution in [0.2, 0.25) is 5.02 Å². The van der Waals surface area contributed by atoms with Crippen molar-refractivity contribution in [1.82, 2.24) is 4.90 Å². The average Bonchev–Trinajstić information content (AvgIpc) is 2.97. The number of benzene rings is 3. The Labute approximate surface area is 241 Å². The van der Waals surface area contributed by atoms with E-state index >= 15 is 4.39 Å². The van der Waals surface area contributed by atoms with E-state index in [1.54, 1.807) is 29.2 Å². The SMILES string of the molecule is C#Cc1ccc(NC(=O)c2cc(Cl)cc(OC)c2NC(=O)c2ccc(C(=N)N3CCC(C(N)=O)CC3)cc2F)cc1. The topological polar surface area (TPSA) is 138 Å². The van der Waals surface area contributed by atoms with Gasteiger partial charge in [-0.1, -0.05) is 23.6 Å². The molecule has 0 aromatic heterocycles. The highest BCUT2D eigenvalue weighted by atomic mass is 35.5. The van der Waals surface area contributed by atoms with Crippen molar-refractivity contribution >= 4 is 46.5 Å². The van der Waals surface area contributed by atoms with Crippen LogP contribution in [0.3, 0.4) is 0 Å². The number of carbonyl (C=O) groups excluding carboxylic acids is 3. The molecule has 4 rings (SSSR count). The van der Waals surface area contributed by atoms with Crippen molar-refractivity contribution < 1.29 is 23.5 Å². The number of ether oxygens (including phenoxy) is 1. The number of anilines is 2. The normalized spacial score (nSPS) is 13.2. The standard InChI is InChI=1S/C30H27ClFN5O4/c1-3-17-4-7-21(8-5-17)35-30(40)23-15-20(31)16-25(41-2)26(23)36-29(39)22-9-6-19(14-24(22)32)27(33)37-12-10-18(11-13-37)28(34)38/h1,4-9,14-16,18,33H,10-13H2,2H3,(H2,34,38)(H,35,40)(H,36,39). The van der Waals surface area contributed by atoms with Crippen molar-refractivity contribution in [3.05, 3.63) is 87.7 Å². The van der Waals surface area contributed by atoms with Crippen molar-refractivity contribution in [1.29, 1.82) is 5.41 Å². The fourth-order valence-electron chi connectivity index (χ4n) is 4.50. The lowest BCUT2D eigenvalue weighted by Gasteiger charge is -2.32. The van der Waals surface area contributed by atoms with E-state index in [4.69, 9.17) is 33.9 Å². The molecular formula is C30H27ClFN5O4. The highest BCUT2D eigenvalue weighted by molar-refractivity contribution is 6.31. The first-order valence-corrected chi connectivity index (χ1v) is 13.0. The van der Waals surface area contributed by atoms with Gasteiger partial charge in [0.1, 0.15) is 17.4 Å². The summed E-state index contributed by atoms with van der Waals surface area (Å²) in [5.41, 5.74) is 6.41. The van der Waals surface area contributed by atoms with Crippen LogP contribution >= 0.6 is 11.6 Å². The summed E-state index contributed by atoms with van der Waals surface area (Å²) in [6.45, 7) is 0.872. The Morgan fingerprint density at radius 3 is 2.29 bits per heavy atom. The van der Waals surface area contributed by atoms with Gasteiger partial charge in [-0.3, -0.25) is 19.8 Å². The molecule has 0 saturated carbocycles. The van der Waals surface area contributed by atoms with Crippen molar-refractivity contribution in [3.8, 4) is 18.1 Å². The van der Waals surface area contributed by atoms with E-state index in [0.29, 0.717) is 37.2 Å². The number of rotatable bonds is 7. The Bertz CT molecular complexity index is 1560. The maximum atomic E-state index is 15.2. The zero-order valence-corrected chi connectivity index (χ0v) is 22.8. The third-order valence-electron chi connectivity index (χ3n) is 6.78. The molecule has 1 aliphatic rings. The van der Waals surface area contributed by atoms with Crippen LogP contribution in [0, 0.1) is 29.5 Å². The second-order valence-corrected chi connectivity index (χ2v) is 9.80. The van der Waals surface area contributed by atoms with Crippen molar-refractivity contribution in [2.45, 2.75) is 12.8 Å². The van der Waals surface area contributed by atoms with E-state index in [9.17, 15) is 14.4 Å². The first-order valence-electron chi connectivity index (χ1n) is 12.6. The van der Waals surface area contributed by atoms with E-state index < -0.39 is 17.6 Å². The molecule has 0 spiro atoms. The number of methoxy groups -OCH3 is 1. The third-order valence-corrected chi connectivity index (χ3v) is 7.00. The molecule has 0 unspecified atom stereocenters. The molecule has 3 amide bonds. The number of hydrogen-bond donors (Lipinski definition) is 4. The van der Waals surface area contributed by atoms with Gasteiger partial charge in [0.05, 0.1) is 23.9 Å². The Morgan fingerprint density at radius 1 is 1.05 bits per heavy atom. The number of hydrogen-bond acceptors (Lipinski definition) is 5. The minimum Gasteiger partial charge on any atom is -0.494 e. The van der Waals surface area contributed by atoms with Gasteiger partial charge in [-0.2, -0.15) is 0 Å². The monoisotopic (exact) mass is 575 g/mol. The maximum Gasteiger partial charge on any atom is 0.258 e. The molecule has 210 valence electrons. The van der Waals surface area contributed by atoms with Crippen LogP contribution in [-0.4, -0.2) is 48.7 Å². The first kappa shape index (κ1) is 29.1. The van der Waals surface area contributed by atoms with Crippen LogP contribution in [0.1, 0.15) is 44.7 Å². The minimum atomic E-state index is -0.857. The van der Waals surface area contributed by atoms with E-state index in [2.05, 4.69) is 16.6 Å². The molecule has 1 heterocycles. The summed E-state index contributed by atoms with van der Waals surface area (Å²) < 4.78 is 20.5. The van der Waals surface area contributed by atoms with E-state index in [0.717, 1.165) is 6.07 Å². The fourth-order valence-corrected chi connectivity index (χ4v) is 4.70. The van der Waals surface area contributed by atoms with Crippen LogP contribution in [0.4, 0.5) is 15.8 Å². The summed E-state index contributed by atoms with van der Waals surface area (Å²) in [6, 6.07) is 13.2. The van der Waals surface area contributed by atoms with Crippen LogP contribution < -0.4 is 21.1 Å². The van der Waals surface area contributed by atoms with Gasteiger partial charge in [-0.25, -0.2) is 4.39 Å². The van der Waals surface area contributed by atoms with Gasteiger partial charge in [0.2, 0.25) is 5.91 Å². The predicted molar refractivity (Wildman–Crippen MR) is 155 cm³/mol. The van der Waals surface area contributed by atoms with Gasteiger partial charge in [0.25, 0.3) is 11.8 Å². The van der Waals surface area contributed by atoms with Gasteiger partial charge in [-0.05, 0) is 55.3 Å². The number of carbonyl (C=O) groups is 3. The smallest absolute Gasteiger partial charge is 0.258 e. The summed E-state index contributed by atoms with van der Waals surface area (Å²) in [5.74, 6) is -0.242. The summed E-state index contributed by atoms with van der Waals surface area (Å²) in [7, 11) is 1.34. The summed E-state index contributed by atoms with van der Waals surface area (Å²) >= 11 is 6.20. The molecule has 5 N–H and O–H groups in total. The van der Waals surface area contributed by atoms with E-state index in [1.807, 2.05) is 0 Å². The third kappa shape index (κ3) is 6.65. The minimum absolute atomic E-state index is 0.00631. The zero-order valence-electron chi connectivity index (χ0n) is 22.1. The Balaban J connectivity index is 1.54. The van der Waals surface area contributed by atoms with Gasteiger partial charge >= 0.3 is 0 Å². The number of amidine groups is 1. The second kappa shape index (κ2) is 12.5. The van der Waals surface area contributed by atoms with Crippen LogP contribution in [-0.2, 0) is 4.79 Å². The number of nitrogens with two attached hydrogens (primary N) is 1. The summed E-state index contributed by atoms with van der Waals surface area (Å²) in [6.07, 6.45) is 6.40. The van der Waals surface area contributed by atoms with Crippen LogP contribution in [0.15, 0.2) is 54.6 Å². The molecule has 41 heavy (non-hydrogen) atoms. The van der Waals surface area contributed by atoms with Gasteiger partial charge in [0, 0.05) is 46.9 Å². The van der Waals surface area contributed by atoms with Crippen LogP contribution in [0.25, 0.3) is 0 Å². The Hall–Kier alpha value is -4.88. The quantitative estimate of drug-likeness (QED) is 0.187. The molecule has 9 nitrogen and oxygen atoms in total. The highest BCUT2D eigenvalue weighted by Gasteiger charge is 2.26. The van der Waals surface area contributed by atoms with Crippen molar-refractivity contribution in [2.24, 2.45) is 11.7 Å². The summed E-state index contributed by atoms with van der Waals surface area (Å²) in [5, 5.41) is 13.9. The van der Waals surface area contributed by atoms with E-state index in [1.165, 1.54) is 31.4 Å². The molecule has 3 aromatic carbocycles. The largest absolute Gasteiger partial charge is 0.494 e. The van der Waals surface area contributed by atoms with Gasteiger partial charge < -0.3 is 26.0 Å². The Kier molecular flexibility index (Phi) is 8.90. The highest BCUT2D eigenvalue weighted by Crippen LogP contribution is 2.34. The lowest BCUT2D eigenvalue weighted by atomic mass is 9.95. The first-order chi connectivity index (χ1) is 19.6. The predicted octanol–water partition coefficient (Wildman–Crippen LogP) is 4.50. The lowest BCUT2D eigenvalue weighted by Crippen LogP contribution is -2.41. The molecule has 1 aliphatic heterocycles. The number of amides is 3. The average molecular weight is 576 g/mol. The summed E-state index contributed by atoms with van der Waals surface area (Å²) in [4.78, 5) is 39.5. The van der Waals surface area contributed by atoms with Gasteiger partial charge in [0.15, 0.2) is 0 Å². The van der Waals surface area contributed by atoms with Crippen molar-refractivity contribution in [3.63, 3.8) is 0 Å². The Morgan fingerprint density at radius 2 is 1.71 bits per heavy atom. The zero-order chi connectivity index (χ0) is 29.7. The molecule has 0 aliphatic carbocycles. The lowest BCUT2D eigenvalue weighted by molar-refractivity contribution is -0.122. The fraction of sp³-hybridized carbons (Fsp3) is 0.200. The molecule has 0 radical (unpaired) electrons. The number of nitrogens with zero attached hydrogens (tertiary/aromatic N) is 1.